The van der Waals surface area contributed by atoms with Crippen LogP contribution in [-0.2, 0) is 4.74 Å². The van der Waals surface area contributed by atoms with Gasteiger partial charge in [-0.3, -0.25) is 0 Å². The molecule has 7 heteroatoms. The lowest BCUT2D eigenvalue weighted by Gasteiger charge is -2.35. The summed E-state index contributed by atoms with van der Waals surface area (Å²) in [5.74, 6) is 2.34. The Morgan fingerprint density at radius 1 is 0.875 bits per heavy atom. The Morgan fingerprint density at radius 3 is 2.33 bits per heavy atom. The molecule has 2 aliphatic heterocycles. The Morgan fingerprint density at radius 2 is 1.58 bits per heavy atom. The molecule has 0 N–H and O–H groups in total. The highest BCUT2D eigenvalue weighted by molar-refractivity contribution is 5.43. The molecule has 0 spiro atoms. The minimum absolute atomic E-state index is 0.500. The SMILES string of the molecule is c1cnc(N2CCN(c3cc(C4CCOCC4)ncn3)CC2)nc1. The number of rotatable bonds is 3. The number of piperazine rings is 1. The van der Waals surface area contributed by atoms with Crippen LogP contribution in [-0.4, -0.2) is 59.3 Å². The molecular formula is C17H22N6O. The van der Waals surface area contributed by atoms with Gasteiger partial charge in [0.2, 0.25) is 5.95 Å². The van der Waals surface area contributed by atoms with E-state index < -0.39 is 0 Å². The summed E-state index contributed by atoms with van der Waals surface area (Å²) >= 11 is 0. The molecule has 7 nitrogen and oxygen atoms in total. The average Bonchev–Trinajstić information content (AvgIpc) is 2.70. The molecule has 2 aromatic rings. The Hall–Kier alpha value is -2.28. The van der Waals surface area contributed by atoms with Crippen LogP contribution in [0, 0.1) is 0 Å². The summed E-state index contributed by atoms with van der Waals surface area (Å²) in [6, 6.07) is 4.00. The molecule has 2 aromatic heterocycles. The second-order valence-electron chi connectivity index (χ2n) is 6.21. The number of hydrogen-bond donors (Lipinski definition) is 0. The largest absolute Gasteiger partial charge is 0.381 e. The number of hydrogen-bond acceptors (Lipinski definition) is 7. The van der Waals surface area contributed by atoms with Crippen LogP contribution in [0.1, 0.15) is 24.5 Å². The molecule has 0 aliphatic carbocycles. The summed E-state index contributed by atoms with van der Waals surface area (Å²) in [6.45, 7) is 5.31. The molecular weight excluding hydrogens is 304 g/mol. The normalized spacial score (nSPS) is 19.5. The van der Waals surface area contributed by atoms with Crippen molar-refractivity contribution in [3.05, 3.63) is 36.5 Å². The molecule has 4 heterocycles. The Bertz CT molecular complexity index is 653. The zero-order valence-corrected chi connectivity index (χ0v) is 13.7. The predicted molar refractivity (Wildman–Crippen MR) is 91.3 cm³/mol. The van der Waals surface area contributed by atoms with Gasteiger partial charge in [0.25, 0.3) is 0 Å². The third-order valence-corrected chi connectivity index (χ3v) is 4.75. The first-order valence-corrected chi connectivity index (χ1v) is 8.57. The molecule has 2 fully saturated rings. The number of nitrogens with zero attached hydrogens (tertiary/aromatic N) is 6. The molecule has 126 valence electrons. The van der Waals surface area contributed by atoms with Crippen LogP contribution >= 0.6 is 0 Å². The standard InChI is InChI=1S/C17H22N6O/c1-4-18-17(19-5-1)23-8-6-22(7-9-23)16-12-15(20-13-21-16)14-2-10-24-11-3-14/h1,4-5,12-14H,2-3,6-11H2. The molecule has 0 saturated carbocycles. The highest BCUT2D eigenvalue weighted by Gasteiger charge is 2.22. The topological polar surface area (TPSA) is 67.3 Å². The first-order valence-electron chi connectivity index (χ1n) is 8.57. The van der Waals surface area contributed by atoms with Crippen molar-refractivity contribution < 1.29 is 4.74 Å². The fourth-order valence-electron chi connectivity index (χ4n) is 3.34. The maximum atomic E-state index is 5.45. The summed E-state index contributed by atoms with van der Waals surface area (Å²) in [6.07, 6.45) is 7.39. The third kappa shape index (κ3) is 3.31. The first-order chi connectivity index (χ1) is 11.9. The van der Waals surface area contributed by atoms with Crippen molar-refractivity contribution in [1.82, 2.24) is 19.9 Å². The maximum absolute atomic E-state index is 5.45. The van der Waals surface area contributed by atoms with Crippen LogP contribution in [0.15, 0.2) is 30.9 Å². The van der Waals surface area contributed by atoms with Gasteiger partial charge in [0.1, 0.15) is 12.1 Å². The molecule has 0 radical (unpaired) electrons. The van der Waals surface area contributed by atoms with Crippen molar-refractivity contribution in [2.75, 3.05) is 49.2 Å². The van der Waals surface area contributed by atoms with E-state index in [2.05, 4.69) is 35.8 Å². The lowest BCUT2D eigenvalue weighted by Crippen LogP contribution is -2.47. The van der Waals surface area contributed by atoms with Gasteiger partial charge in [0.15, 0.2) is 0 Å². The van der Waals surface area contributed by atoms with Crippen molar-refractivity contribution in [2.45, 2.75) is 18.8 Å². The first kappa shape index (κ1) is 15.3. The van der Waals surface area contributed by atoms with E-state index in [1.165, 1.54) is 0 Å². The molecule has 0 amide bonds. The van der Waals surface area contributed by atoms with Crippen molar-refractivity contribution in [2.24, 2.45) is 0 Å². The monoisotopic (exact) mass is 326 g/mol. The van der Waals surface area contributed by atoms with Crippen LogP contribution < -0.4 is 9.80 Å². The second-order valence-corrected chi connectivity index (χ2v) is 6.21. The average molecular weight is 326 g/mol. The van der Waals surface area contributed by atoms with E-state index in [0.717, 1.165) is 69.7 Å². The van der Waals surface area contributed by atoms with Gasteiger partial charge >= 0.3 is 0 Å². The smallest absolute Gasteiger partial charge is 0.225 e. The van der Waals surface area contributed by atoms with Crippen LogP contribution in [0.2, 0.25) is 0 Å². The Kier molecular flexibility index (Phi) is 4.51. The van der Waals surface area contributed by atoms with Gasteiger partial charge in [-0.05, 0) is 18.9 Å². The third-order valence-electron chi connectivity index (χ3n) is 4.75. The van der Waals surface area contributed by atoms with E-state index in [0.29, 0.717) is 5.92 Å². The molecule has 0 atom stereocenters. The number of ether oxygens (including phenoxy) is 1. The van der Waals surface area contributed by atoms with E-state index in [1.807, 2.05) is 6.07 Å². The van der Waals surface area contributed by atoms with E-state index >= 15 is 0 Å². The molecule has 2 aliphatic rings. The maximum Gasteiger partial charge on any atom is 0.225 e. The van der Waals surface area contributed by atoms with Gasteiger partial charge in [-0.2, -0.15) is 0 Å². The van der Waals surface area contributed by atoms with Crippen molar-refractivity contribution in [1.29, 1.82) is 0 Å². The van der Waals surface area contributed by atoms with Gasteiger partial charge < -0.3 is 14.5 Å². The van der Waals surface area contributed by atoms with Gasteiger partial charge in [0, 0.05) is 69.5 Å². The molecule has 0 unspecified atom stereocenters. The van der Waals surface area contributed by atoms with Gasteiger partial charge in [-0.15, -0.1) is 0 Å². The summed E-state index contributed by atoms with van der Waals surface area (Å²) in [5, 5.41) is 0. The van der Waals surface area contributed by atoms with E-state index in [9.17, 15) is 0 Å². The fraction of sp³-hybridized carbons (Fsp3) is 0.529. The summed E-state index contributed by atoms with van der Waals surface area (Å²) < 4.78 is 5.45. The molecule has 2 saturated heterocycles. The lowest BCUT2D eigenvalue weighted by molar-refractivity contribution is 0.0845. The molecule has 4 rings (SSSR count). The lowest BCUT2D eigenvalue weighted by atomic mass is 9.96. The van der Waals surface area contributed by atoms with Gasteiger partial charge in [-0.1, -0.05) is 0 Å². The van der Waals surface area contributed by atoms with E-state index in [-0.39, 0.29) is 0 Å². The summed E-state index contributed by atoms with van der Waals surface area (Å²) in [5.41, 5.74) is 1.15. The van der Waals surface area contributed by atoms with Crippen molar-refractivity contribution in [3.8, 4) is 0 Å². The van der Waals surface area contributed by atoms with Crippen LogP contribution in [0.4, 0.5) is 11.8 Å². The highest BCUT2D eigenvalue weighted by Crippen LogP contribution is 2.27. The second kappa shape index (κ2) is 7.09. The predicted octanol–water partition coefficient (Wildman–Crippen LogP) is 1.49. The Balaban J connectivity index is 1.42. The van der Waals surface area contributed by atoms with Crippen LogP contribution in [0.3, 0.4) is 0 Å². The van der Waals surface area contributed by atoms with Gasteiger partial charge in [-0.25, -0.2) is 19.9 Å². The van der Waals surface area contributed by atoms with Crippen LogP contribution in [0.25, 0.3) is 0 Å². The number of aromatic nitrogens is 4. The van der Waals surface area contributed by atoms with Gasteiger partial charge in [0.05, 0.1) is 0 Å². The van der Waals surface area contributed by atoms with E-state index in [1.54, 1.807) is 18.7 Å². The molecule has 0 bridgehead atoms. The molecule has 0 aromatic carbocycles. The summed E-state index contributed by atoms with van der Waals surface area (Å²) in [4.78, 5) is 22.2. The number of anilines is 2. The molecule has 24 heavy (non-hydrogen) atoms. The minimum Gasteiger partial charge on any atom is -0.381 e. The van der Waals surface area contributed by atoms with Crippen molar-refractivity contribution in [3.63, 3.8) is 0 Å². The van der Waals surface area contributed by atoms with Crippen LogP contribution in [0.5, 0.6) is 0 Å². The van der Waals surface area contributed by atoms with Crippen molar-refractivity contribution >= 4 is 11.8 Å². The fourth-order valence-corrected chi connectivity index (χ4v) is 3.34. The summed E-state index contributed by atoms with van der Waals surface area (Å²) in [7, 11) is 0. The Labute approximate surface area is 141 Å². The minimum atomic E-state index is 0.500. The van der Waals surface area contributed by atoms with E-state index in [4.69, 9.17) is 4.74 Å². The highest BCUT2D eigenvalue weighted by atomic mass is 16.5. The quantitative estimate of drug-likeness (QED) is 0.846. The zero-order valence-electron chi connectivity index (χ0n) is 13.7. The zero-order chi connectivity index (χ0) is 16.2.